The summed E-state index contributed by atoms with van der Waals surface area (Å²) in [6.07, 6.45) is 0.326. The first-order chi connectivity index (χ1) is 6.86. The molecular formula is C9H16N6. The molecule has 11 N–H and O–H groups in total. The molecule has 0 saturated carbocycles. The van der Waals surface area contributed by atoms with Crippen LogP contribution in [0, 0.1) is 5.41 Å². The van der Waals surface area contributed by atoms with Crippen LogP contribution >= 0.6 is 0 Å². The predicted octanol–water partition coefficient (Wildman–Crippen LogP) is 0.180. The fourth-order valence-corrected chi connectivity index (χ4v) is 1.36. The van der Waals surface area contributed by atoms with Crippen LogP contribution in [0.4, 0.5) is 28.4 Å². The summed E-state index contributed by atoms with van der Waals surface area (Å²) in [5, 5.41) is 7.40. The molecule has 0 aliphatic carbocycles. The van der Waals surface area contributed by atoms with Crippen molar-refractivity contribution in [1.82, 2.24) is 0 Å². The summed E-state index contributed by atoms with van der Waals surface area (Å²) in [6.45, 7) is 1.65. The van der Waals surface area contributed by atoms with E-state index < -0.39 is 0 Å². The van der Waals surface area contributed by atoms with Crippen molar-refractivity contribution < 1.29 is 0 Å². The van der Waals surface area contributed by atoms with Crippen molar-refractivity contribution in [2.75, 3.05) is 28.7 Å². The summed E-state index contributed by atoms with van der Waals surface area (Å²) in [6, 6.07) is 0. The summed E-state index contributed by atoms with van der Waals surface area (Å²) in [5.41, 5.74) is 30.8. The lowest BCUT2D eigenvalue weighted by Crippen LogP contribution is -2.12. The number of anilines is 5. The highest BCUT2D eigenvalue weighted by Gasteiger charge is 2.15. The molecule has 0 atom stereocenters. The van der Waals surface area contributed by atoms with Gasteiger partial charge in [-0.25, -0.2) is 0 Å². The minimum Gasteiger partial charge on any atom is -0.397 e. The van der Waals surface area contributed by atoms with E-state index in [-0.39, 0.29) is 17.1 Å². The Kier molecular flexibility index (Phi) is 2.61. The van der Waals surface area contributed by atoms with Crippen LogP contribution in [0.5, 0.6) is 0 Å². The van der Waals surface area contributed by atoms with Crippen LogP contribution in [0.2, 0.25) is 0 Å². The van der Waals surface area contributed by atoms with Gasteiger partial charge in [-0.1, -0.05) is 0 Å². The van der Waals surface area contributed by atoms with Crippen LogP contribution in [0.1, 0.15) is 12.5 Å². The number of rotatable bonds is 2. The van der Waals surface area contributed by atoms with Crippen molar-refractivity contribution in [2.24, 2.45) is 0 Å². The van der Waals surface area contributed by atoms with Gasteiger partial charge in [0.05, 0.1) is 28.4 Å². The third-order valence-electron chi connectivity index (χ3n) is 2.25. The van der Waals surface area contributed by atoms with Gasteiger partial charge in [-0.3, -0.25) is 0 Å². The molecule has 0 aliphatic heterocycles. The molecule has 0 saturated heterocycles. The fourth-order valence-electron chi connectivity index (χ4n) is 1.36. The molecule has 82 valence electrons. The summed E-state index contributed by atoms with van der Waals surface area (Å²) in [7, 11) is 0. The van der Waals surface area contributed by atoms with E-state index in [9.17, 15) is 0 Å². The van der Waals surface area contributed by atoms with E-state index in [0.29, 0.717) is 29.1 Å². The molecule has 0 heterocycles. The van der Waals surface area contributed by atoms with Gasteiger partial charge in [-0.15, -0.1) is 0 Å². The molecule has 0 radical (unpaired) electrons. The van der Waals surface area contributed by atoms with E-state index in [1.165, 1.54) is 0 Å². The molecule has 0 aliphatic rings. The van der Waals surface area contributed by atoms with Gasteiger partial charge in [-0.2, -0.15) is 0 Å². The summed E-state index contributed by atoms with van der Waals surface area (Å²) >= 11 is 0. The molecule has 0 bridgehead atoms. The number of benzene rings is 1. The van der Waals surface area contributed by atoms with Crippen LogP contribution in [0.3, 0.4) is 0 Å². The maximum atomic E-state index is 7.40. The Morgan fingerprint density at radius 2 is 1.20 bits per heavy atom. The molecule has 0 fully saturated rings. The molecule has 0 aromatic heterocycles. The molecule has 0 spiro atoms. The van der Waals surface area contributed by atoms with E-state index >= 15 is 0 Å². The molecule has 1 aromatic carbocycles. The van der Waals surface area contributed by atoms with Gasteiger partial charge in [0.25, 0.3) is 0 Å². The molecule has 6 nitrogen and oxygen atoms in total. The Balaban J connectivity index is 3.45. The van der Waals surface area contributed by atoms with E-state index in [1.54, 1.807) is 6.92 Å². The Bertz CT molecular complexity index is 394. The highest BCUT2D eigenvalue weighted by molar-refractivity contribution is 5.98. The molecule has 0 amide bonds. The largest absolute Gasteiger partial charge is 0.397 e. The van der Waals surface area contributed by atoms with Gasteiger partial charge >= 0.3 is 0 Å². The van der Waals surface area contributed by atoms with Gasteiger partial charge in [0, 0.05) is 17.7 Å². The first-order valence-electron chi connectivity index (χ1n) is 4.40. The van der Waals surface area contributed by atoms with Gasteiger partial charge < -0.3 is 34.1 Å². The first-order valence-corrected chi connectivity index (χ1v) is 4.40. The Labute approximate surface area is 87.9 Å². The second kappa shape index (κ2) is 3.56. The lowest BCUT2D eigenvalue weighted by atomic mass is 10.0. The van der Waals surface area contributed by atoms with Crippen molar-refractivity contribution in [3.8, 4) is 0 Å². The number of hydrogen-bond donors (Lipinski definition) is 6. The third-order valence-corrected chi connectivity index (χ3v) is 2.25. The van der Waals surface area contributed by atoms with Crippen molar-refractivity contribution in [3.63, 3.8) is 0 Å². The lowest BCUT2D eigenvalue weighted by molar-refractivity contribution is 1.27. The second-order valence-corrected chi connectivity index (χ2v) is 3.50. The molecule has 1 aromatic rings. The third kappa shape index (κ3) is 1.74. The summed E-state index contributed by atoms with van der Waals surface area (Å²) in [4.78, 5) is 0. The quantitative estimate of drug-likeness (QED) is 0.302. The highest BCUT2D eigenvalue weighted by Crippen LogP contribution is 2.38. The second-order valence-electron chi connectivity index (χ2n) is 3.50. The normalized spacial score (nSPS) is 10.2. The standard InChI is InChI=1S/C9H16N6/c1-3(10)2-4-5(11)7(13)9(15)8(14)6(4)12/h10H,2,11-15H2,1H3. The zero-order valence-electron chi connectivity index (χ0n) is 8.59. The van der Waals surface area contributed by atoms with E-state index in [0.717, 1.165) is 0 Å². The molecule has 15 heavy (non-hydrogen) atoms. The monoisotopic (exact) mass is 208 g/mol. The van der Waals surface area contributed by atoms with Crippen molar-refractivity contribution in [3.05, 3.63) is 5.56 Å². The van der Waals surface area contributed by atoms with Crippen LogP contribution in [0.15, 0.2) is 0 Å². The van der Waals surface area contributed by atoms with Crippen LogP contribution in [-0.2, 0) is 6.42 Å². The SMILES string of the molecule is CC(=N)Cc1c(N)c(N)c(N)c(N)c1N. The summed E-state index contributed by atoms with van der Waals surface area (Å²) < 4.78 is 0. The van der Waals surface area contributed by atoms with E-state index in [4.69, 9.17) is 34.1 Å². The molecule has 6 heteroatoms. The van der Waals surface area contributed by atoms with Crippen LogP contribution in [-0.4, -0.2) is 5.71 Å². The Morgan fingerprint density at radius 3 is 1.53 bits per heavy atom. The maximum absolute atomic E-state index is 7.40. The van der Waals surface area contributed by atoms with E-state index in [2.05, 4.69) is 0 Å². The average molecular weight is 208 g/mol. The molecule has 1 rings (SSSR count). The average Bonchev–Trinajstić information content (AvgIpc) is 2.18. The highest BCUT2D eigenvalue weighted by atomic mass is 14.8. The minimum absolute atomic E-state index is 0.205. The fraction of sp³-hybridized carbons (Fsp3) is 0.222. The molecular weight excluding hydrogens is 192 g/mol. The summed E-state index contributed by atoms with van der Waals surface area (Å²) in [5.74, 6) is 0. The zero-order valence-corrected chi connectivity index (χ0v) is 8.59. The van der Waals surface area contributed by atoms with Crippen LogP contribution < -0.4 is 28.7 Å². The van der Waals surface area contributed by atoms with Crippen molar-refractivity contribution in [1.29, 1.82) is 5.41 Å². The number of nitrogens with one attached hydrogen (secondary N) is 1. The maximum Gasteiger partial charge on any atom is 0.0824 e. The van der Waals surface area contributed by atoms with Gasteiger partial charge in [0.1, 0.15) is 0 Å². The Hall–Kier alpha value is -2.11. The predicted molar refractivity (Wildman–Crippen MR) is 65.6 cm³/mol. The number of nitrogen functional groups attached to an aromatic ring is 5. The van der Waals surface area contributed by atoms with E-state index in [1.807, 2.05) is 0 Å². The molecule has 0 unspecified atom stereocenters. The zero-order chi connectivity index (χ0) is 11.7. The van der Waals surface area contributed by atoms with Crippen LogP contribution in [0.25, 0.3) is 0 Å². The number of nitrogens with two attached hydrogens (primary N) is 5. The topological polar surface area (TPSA) is 154 Å². The van der Waals surface area contributed by atoms with Gasteiger partial charge in [0.15, 0.2) is 0 Å². The smallest absolute Gasteiger partial charge is 0.0824 e. The van der Waals surface area contributed by atoms with Crippen molar-refractivity contribution in [2.45, 2.75) is 13.3 Å². The first kappa shape index (κ1) is 11.0. The lowest BCUT2D eigenvalue weighted by Gasteiger charge is -2.16. The van der Waals surface area contributed by atoms with Crippen molar-refractivity contribution >= 4 is 34.1 Å². The van der Waals surface area contributed by atoms with Gasteiger partial charge in [0.2, 0.25) is 0 Å². The Morgan fingerprint density at radius 1 is 0.867 bits per heavy atom. The number of hydrogen-bond acceptors (Lipinski definition) is 6. The van der Waals surface area contributed by atoms with Gasteiger partial charge in [-0.05, 0) is 6.92 Å². The minimum atomic E-state index is 0.205.